The van der Waals surface area contributed by atoms with Gasteiger partial charge in [-0.15, -0.1) is 0 Å². The Balaban J connectivity index is 1.59. The van der Waals surface area contributed by atoms with Crippen LogP contribution in [0.2, 0.25) is 10.0 Å². The predicted octanol–water partition coefficient (Wildman–Crippen LogP) is 5.24. The first-order valence-corrected chi connectivity index (χ1v) is 11.7. The van der Waals surface area contributed by atoms with Gasteiger partial charge in [-0.25, -0.2) is 17.5 Å². The van der Waals surface area contributed by atoms with E-state index in [1.807, 2.05) is 0 Å². The fourth-order valence-corrected chi connectivity index (χ4v) is 4.31. The molecule has 0 aliphatic rings. The molecule has 3 rings (SSSR count). The molecule has 6 nitrogen and oxygen atoms in total. The van der Waals surface area contributed by atoms with Crippen molar-refractivity contribution in [3.63, 3.8) is 0 Å². The zero-order chi connectivity index (χ0) is 25.1. The van der Waals surface area contributed by atoms with Crippen molar-refractivity contribution in [3.05, 3.63) is 87.2 Å². The molecule has 2 aromatic heterocycles. The Morgan fingerprint density at radius 3 is 2.32 bits per heavy atom. The first-order chi connectivity index (χ1) is 15.9. The lowest BCUT2D eigenvalue weighted by atomic mass is 10.1. The monoisotopic (exact) mass is 535 g/mol. The molecule has 0 saturated heterocycles. The predicted molar refractivity (Wildman–Crippen MR) is 117 cm³/mol. The van der Waals surface area contributed by atoms with Crippen LogP contribution in [-0.4, -0.2) is 24.2 Å². The maximum Gasteiger partial charge on any atom is 0.417 e. The molecule has 0 radical (unpaired) electrons. The summed E-state index contributed by atoms with van der Waals surface area (Å²) in [4.78, 5) is 19.8. The largest absolute Gasteiger partial charge is 0.417 e. The van der Waals surface area contributed by atoms with E-state index < -0.39 is 33.4 Å². The normalized spacial score (nSPS) is 12.1. The van der Waals surface area contributed by atoms with E-state index in [-0.39, 0.29) is 45.7 Å². The molecule has 0 saturated carbocycles. The molecule has 180 valence electrons. The SMILES string of the molecule is O=C(CCc1ncc(C(F)(F)F)cc1Cl)c1ccc(CNS(=O)(=O)c2ccc(F)c(Cl)c2)cn1. The first kappa shape index (κ1) is 26.0. The minimum Gasteiger partial charge on any atom is -0.292 e. The number of carbonyl (C=O) groups excluding carboxylic acids is 1. The maximum atomic E-state index is 13.2. The number of nitrogens with zero attached hydrogens (tertiary/aromatic N) is 2. The number of ketones is 1. The molecule has 0 bridgehead atoms. The Bertz CT molecular complexity index is 1320. The van der Waals surface area contributed by atoms with Crippen LogP contribution in [0, 0.1) is 5.82 Å². The maximum absolute atomic E-state index is 13.2. The molecule has 0 atom stereocenters. The number of hydrogen-bond donors (Lipinski definition) is 1. The summed E-state index contributed by atoms with van der Waals surface area (Å²) in [6, 6.07) is 6.62. The van der Waals surface area contributed by atoms with Gasteiger partial charge in [0.25, 0.3) is 0 Å². The zero-order valence-electron chi connectivity index (χ0n) is 17.0. The van der Waals surface area contributed by atoms with Gasteiger partial charge in [0.15, 0.2) is 5.78 Å². The van der Waals surface area contributed by atoms with E-state index in [1.54, 1.807) is 0 Å². The van der Waals surface area contributed by atoms with Crippen molar-refractivity contribution in [3.8, 4) is 0 Å². The Labute approximate surface area is 202 Å². The number of benzene rings is 1. The van der Waals surface area contributed by atoms with E-state index in [9.17, 15) is 30.8 Å². The van der Waals surface area contributed by atoms with Crippen molar-refractivity contribution in [1.29, 1.82) is 0 Å². The summed E-state index contributed by atoms with van der Waals surface area (Å²) in [7, 11) is -3.97. The smallest absolute Gasteiger partial charge is 0.292 e. The highest BCUT2D eigenvalue weighted by atomic mass is 35.5. The van der Waals surface area contributed by atoms with Gasteiger partial charge in [-0.1, -0.05) is 29.3 Å². The molecule has 0 spiro atoms. The fraction of sp³-hybridized carbons (Fsp3) is 0.190. The van der Waals surface area contributed by atoms with Gasteiger partial charge in [-0.05, 0) is 42.3 Å². The average Bonchev–Trinajstić information content (AvgIpc) is 2.78. The van der Waals surface area contributed by atoms with E-state index in [0.29, 0.717) is 11.8 Å². The number of halogens is 6. The molecule has 13 heteroatoms. The Morgan fingerprint density at radius 2 is 1.74 bits per heavy atom. The summed E-state index contributed by atoms with van der Waals surface area (Å²) in [5.41, 5.74) is -0.307. The highest BCUT2D eigenvalue weighted by Gasteiger charge is 2.31. The molecule has 1 N–H and O–H groups in total. The van der Waals surface area contributed by atoms with Gasteiger partial charge in [-0.3, -0.25) is 14.8 Å². The summed E-state index contributed by atoms with van der Waals surface area (Å²) in [5, 5.41) is -0.527. The van der Waals surface area contributed by atoms with E-state index in [1.165, 1.54) is 18.3 Å². The molecule has 3 aromatic rings. The standard InChI is InChI=1S/C21H15Cl2F4N3O3S/c22-15-8-14(2-3-17(15)24)34(32,33)30-10-12-1-4-19(28-9-12)20(31)6-5-18-16(23)7-13(11-29-18)21(25,26)27/h1-4,7-9,11,30H,5-6,10H2. The third kappa shape index (κ3) is 6.50. The van der Waals surface area contributed by atoms with Crippen molar-refractivity contribution in [2.75, 3.05) is 0 Å². The summed E-state index contributed by atoms with van der Waals surface area (Å²) in [6.07, 6.45) is -2.70. The van der Waals surface area contributed by atoms with Crippen LogP contribution in [0.5, 0.6) is 0 Å². The summed E-state index contributed by atoms with van der Waals surface area (Å²) in [6.45, 7) is -0.149. The van der Waals surface area contributed by atoms with E-state index in [0.717, 1.165) is 24.3 Å². The first-order valence-electron chi connectivity index (χ1n) is 9.51. The van der Waals surface area contributed by atoms with E-state index in [4.69, 9.17) is 23.2 Å². The number of pyridine rings is 2. The molecule has 0 aliphatic heterocycles. The second kappa shape index (κ2) is 10.3. The van der Waals surface area contributed by atoms with Crippen LogP contribution in [0.3, 0.4) is 0 Å². The minimum atomic E-state index is -4.57. The molecule has 0 aliphatic carbocycles. The highest BCUT2D eigenvalue weighted by molar-refractivity contribution is 7.89. The number of Topliss-reactive ketones (excluding diaryl/α,β-unsaturated/α-hetero) is 1. The van der Waals surface area contributed by atoms with Crippen molar-refractivity contribution in [2.24, 2.45) is 0 Å². The van der Waals surface area contributed by atoms with Crippen LogP contribution in [0.4, 0.5) is 17.6 Å². The number of carbonyl (C=O) groups is 1. The third-order valence-corrected chi connectivity index (χ3v) is 6.63. The molecule has 34 heavy (non-hydrogen) atoms. The number of nitrogens with one attached hydrogen (secondary N) is 1. The summed E-state index contributed by atoms with van der Waals surface area (Å²) < 4.78 is 78.3. The fourth-order valence-electron chi connectivity index (χ4n) is 2.76. The molecular formula is C21H15Cl2F4N3O3S. The summed E-state index contributed by atoms with van der Waals surface area (Å²) in [5.74, 6) is -1.15. The number of sulfonamides is 1. The van der Waals surface area contributed by atoms with Crippen LogP contribution in [0.1, 0.15) is 33.7 Å². The van der Waals surface area contributed by atoms with Crippen molar-refractivity contribution < 1.29 is 30.8 Å². The van der Waals surface area contributed by atoms with Gasteiger partial charge in [0.1, 0.15) is 11.5 Å². The van der Waals surface area contributed by atoms with Crippen LogP contribution in [0.15, 0.2) is 53.7 Å². The summed E-state index contributed by atoms with van der Waals surface area (Å²) >= 11 is 11.5. The van der Waals surface area contributed by atoms with Crippen molar-refractivity contribution >= 4 is 39.0 Å². The molecular weight excluding hydrogens is 521 g/mol. The minimum absolute atomic E-state index is 0.0132. The molecule has 0 fully saturated rings. The highest BCUT2D eigenvalue weighted by Crippen LogP contribution is 2.31. The van der Waals surface area contributed by atoms with Gasteiger partial charge in [0.05, 0.1) is 26.2 Å². The van der Waals surface area contributed by atoms with Gasteiger partial charge < -0.3 is 0 Å². The van der Waals surface area contributed by atoms with E-state index >= 15 is 0 Å². The lowest BCUT2D eigenvalue weighted by Gasteiger charge is -2.09. The number of alkyl halides is 3. The van der Waals surface area contributed by atoms with Gasteiger partial charge in [0, 0.05) is 25.4 Å². The van der Waals surface area contributed by atoms with Gasteiger partial charge in [-0.2, -0.15) is 13.2 Å². The molecule has 0 amide bonds. The molecule has 0 unspecified atom stereocenters. The second-order valence-corrected chi connectivity index (χ2v) is 9.61. The quantitative estimate of drug-likeness (QED) is 0.315. The Kier molecular flexibility index (Phi) is 7.91. The van der Waals surface area contributed by atoms with Crippen LogP contribution < -0.4 is 4.72 Å². The topological polar surface area (TPSA) is 89.0 Å². The van der Waals surface area contributed by atoms with Crippen LogP contribution >= 0.6 is 23.2 Å². The van der Waals surface area contributed by atoms with Crippen molar-refractivity contribution in [1.82, 2.24) is 14.7 Å². The van der Waals surface area contributed by atoms with E-state index in [2.05, 4.69) is 14.7 Å². The zero-order valence-corrected chi connectivity index (χ0v) is 19.4. The lowest BCUT2D eigenvalue weighted by Crippen LogP contribution is -2.23. The Hall–Kier alpha value is -2.60. The number of aryl methyl sites for hydroxylation is 1. The number of hydrogen-bond acceptors (Lipinski definition) is 5. The van der Waals surface area contributed by atoms with Crippen LogP contribution in [0.25, 0.3) is 0 Å². The van der Waals surface area contributed by atoms with Gasteiger partial charge in [0.2, 0.25) is 10.0 Å². The second-order valence-electron chi connectivity index (χ2n) is 7.03. The Morgan fingerprint density at radius 1 is 1.00 bits per heavy atom. The number of rotatable bonds is 8. The average molecular weight is 536 g/mol. The van der Waals surface area contributed by atoms with Crippen molar-refractivity contribution in [2.45, 2.75) is 30.5 Å². The lowest BCUT2D eigenvalue weighted by molar-refractivity contribution is -0.137. The third-order valence-electron chi connectivity index (χ3n) is 4.61. The molecule has 1 aromatic carbocycles. The van der Waals surface area contributed by atoms with Crippen LogP contribution in [-0.2, 0) is 29.2 Å². The number of aromatic nitrogens is 2. The van der Waals surface area contributed by atoms with Gasteiger partial charge >= 0.3 is 6.18 Å². The molecule has 2 heterocycles.